The van der Waals surface area contributed by atoms with Crippen molar-refractivity contribution in [2.45, 2.75) is 65.3 Å². The van der Waals surface area contributed by atoms with Gasteiger partial charge in [0.2, 0.25) is 0 Å². The monoisotopic (exact) mass is 247 g/mol. The third-order valence-corrected chi connectivity index (χ3v) is 3.36. The molecule has 0 fully saturated rings. The average Bonchev–Trinajstić information content (AvgIpc) is 2.33. The van der Waals surface area contributed by atoms with Gasteiger partial charge in [0.15, 0.2) is 0 Å². The molecule has 1 N–H and O–H groups in total. The number of benzene rings is 1. The number of rotatable bonds is 6. The number of nitrogens with one attached hydrogen (secondary N) is 1. The predicted molar refractivity (Wildman–Crippen MR) is 81.1 cm³/mol. The lowest BCUT2D eigenvalue weighted by Gasteiger charge is -2.28. The van der Waals surface area contributed by atoms with E-state index in [9.17, 15) is 0 Å². The molecule has 1 atom stereocenters. The Labute approximate surface area is 113 Å². The van der Waals surface area contributed by atoms with E-state index < -0.39 is 0 Å². The second-order valence-corrected chi connectivity index (χ2v) is 6.13. The van der Waals surface area contributed by atoms with Crippen LogP contribution in [0.25, 0.3) is 0 Å². The van der Waals surface area contributed by atoms with Gasteiger partial charge < -0.3 is 5.32 Å². The van der Waals surface area contributed by atoms with Gasteiger partial charge in [-0.1, -0.05) is 65.3 Å². The van der Waals surface area contributed by atoms with Crippen molar-refractivity contribution in [3.8, 4) is 0 Å². The van der Waals surface area contributed by atoms with Gasteiger partial charge in [0.1, 0.15) is 0 Å². The Morgan fingerprint density at radius 2 is 1.72 bits per heavy atom. The maximum Gasteiger partial charge on any atom is 0.0323 e. The largest absolute Gasteiger partial charge is 0.310 e. The summed E-state index contributed by atoms with van der Waals surface area (Å²) in [7, 11) is 0. The quantitative estimate of drug-likeness (QED) is 0.759. The van der Waals surface area contributed by atoms with E-state index in [-0.39, 0.29) is 5.41 Å². The van der Waals surface area contributed by atoms with Crippen LogP contribution in [-0.4, -0.2) is 6.54 Å². The fourth-order valence-corrected chi connectivity index (χ4v) is 2.46. The Bertz CT molecular complexity index is 349. The molecule has 0 aliphatic rings. The summed E-state index contributed by atoms with van der Waals surface area (Å²) in [6.07, 6.45) is 3.63. The minimum Gasteiger partial charge on any atom is -0.310 e. The minimum absolute atomic E-state index is 0.219. The summed E-state index contributed by atoms with van der Waals surface area (Å²) in [5.41, 5.74) is 3.18. The molecule has 1 unspecified atom stereocenters. The van der Waals surface area contributed by atoms with Crippen LogP contribution in [-0.2, 0) is 5.41 Å². The first-order valence-corrected chi connectivity index (χ1v) is 7.33. The smallest absolute Gasteiger partial charge is 0.0323 e. The van der Waals surface area contributed by atoms with Gasteiger partial charge in [-0.05, 0) is 35.9 Å². The lowest BCUT2D eigenvalue weighted by atomic mass is 9.81. The van der Waals surface area contributed by atoms with Crippen LogP contribution in [0.3, 0.4) is 0 Å². The third kappa shape index (κ3) is 4.13. The van der Waals surface area contributed by atoms with Gasteiger partial charge in [0, 0.05) is 6.04 Å². The van der Waals surface area contributed by atoms with Crippen molar-refractivity contribution < 1.29 is 0 Å². The fourth-order valence-electron chi connectivity index (χ4n) is 2.46. The molecule has 1 heteroatoms. The fraction of sp³-hybridized carbons (Fsp3) is 0.647. The molecule has 0 aliphatic carbocycles. The van der Waals surface area contributed by atoms with Crippen LogP contribution >= 0.6 is 0 Å². The molecule has 0 amide bonds. The normalized spacial score (nSPS) is 13.6. The lowest BCUT2D eigenvalue weighted by molar-refractivity contribution is 0.477. The first-order valence-electron chi connectivity index (χ1n) is 7.33. The highest BCUT2D eigenvalue weighted by Gasteiger charge is 2.21. The summed E-state index contributed by atoms with van der Waals surface area (Å²) in [6, 6.07) is 9.41. The summed E-state index contributed by atoms with van der Waals surface area (Å²) in [6.45, 7) is 12.5. The highest BCUT2D eigenvalue weighted by atomic mass is 14.9. The van der Waals surface area contributed by atoms with Gasteiger partial charge in [-0.2, -0.15) is 0 Å². The summed E-state index contributed by atoms with van der Waals surface area (Å²) in [5, 5.41) is 3.70. The van der Waals surface area contributed by atoms with Gasteiger partial charge in [-0.15, -0.1) is 0 Å². The van der Waals surface area contributed by atoms with Gasteiger partial charge in [0.25, 0.3) is 0 Å². The zero-order valence-electron chi connectivity index (χ0n) is 12.7. The van der Waals surface area contributed by atoms with Crippen molar-refractivity contribution in [2.24, 2.45) is 0 Å². The molecule has 0 saturated heterocycles. The van der Waals surface area contributed by atoms with Crippen LogP contribution in [0.5, 0.6) is 0 Å². The van der Waals surface area contributed by atoms with Gasteiger partial charge >= 0.3 is 0 Å². The molecular formula is C17H29N. The predicted octanol–water partition coefficient (Wildman–Crippen LogP) is 4.82. The van der Waals surface area contributed by atoms with Crippen molar-refractivity contribution in [3.63, 3.8) is 0 Å². The standard InChI is InChI=1S/C17H29N/c1-6-10-16(18-13-7-2)14-11-8-9-12-15(14)17(3,4)5/h8-9,11-12,16,18H,6-7,10,13H2,1-5H3. The maximum atomic E-state index is 3.70. The first-order chi connectivity index (χ1) is 8.50. The zero-order valence-corrected chi connectivity index (χ0v) is 12.7. The molecule has 1 aromatic rings. The zero-order chi connectivity index (χ0) is 13.6. The van der Waals surface area contributed by atoms with Crippen LogP contribution in [0.15, 0.2) is 24.3 Å². The molecule has 0 aliphatic heterocycles. The Balaban J connectivity index is 3.03. The molecule has 1 aromatic carbocycles. The Hall–Kier alpha value is -0.820. The molecule has 1 rings (SSSR count). The second-order valence-electron chi connectivity index (χ2n) is 6.13. The first kappa shape index (κ1) is 15.2. The van der Waals surface area contributed by atoms with E-state index in [1.807, 2.05) is 0 Å². The van der Waals surface area contributed by atoms with Gasteiger partial charge in [-0.25, -0.2) is 0 Å². The van der Waals surface area contributed by atoms with E-state index in [0.717, 1.165) is 6.54 Å². The molecule has 0 aromatic heterocycles. The number of hydrogen-bond acceptors (Lipinski definition) is 1. The second kappa shape index (κ2) is 6.94. The summed E-state index contributed by atoms with van der Waals surface area (Å²) in [4.78, 5) is 0. The molecule has 0 bridgehead atoms. The van der Waals surface area contributed by atoms with Gasteiger partial charge in [-0.3, -0.25) is 0 Å². The van der Waals surface area contributed by atoms with E-state index >= 15 is 0 Å². The van der Waals surface area contributed by atoms with Crippen molar-refractivity contribution in [3.05, 3.63) is 35.4 Å². The van der Waals surface area contributed by atoms with Crippen molar-refractivity contribution >= 4 is 0 Å². The van der Waals surface area contributed by atoms with Crippen LogP contribution < -0.4 is 5.32 Å². The van der Waals surface area contributed by atoms with Crippen molar-refractivity contribution in [2.75, 3.05) is 6.54 Å². The number of hydrogen-bond donors (Lipinski definition) is 1. The Morgan fingerprint density at radius 3 is 2.28 bits per heavy atom. The molecule has 0 heterocycles. The van der Waals surface area contributed by atoms with Crippen molar-refractivity contribution in [1.82, 2.24) is 5.32 Å². The molecule has 0 saturated carbocycles. The summed E-state index contributed by atoms with van der Waals surface area (Å²) >= 11 is 0. The Morgan fingerprint density at radius 1 is 1.06 bits per heavy atom. The summed E-state index contributed by atoms with van der Waals surface area (Å²) < 4.78 is 0. The minimum atomic E-state index is 0.219. The van der Waals surface area contributed by atoms with Crippen molar-refractivity contribution in [1.29, 1.82) is 0 Å². The summed E-state index contributed by atoms with van der Waals surface area (Å²) in [5.74, 6) is 0. The molecular weight excluding hydrogens is 218 g/mol. The van der Waals surface area contributed by atoms with Crippen LogP contribution in [0.2, 0.25) is 0 Å². The Kier molecular flexibility index (Phi) is 5.87. The highest BCUT2D eigenvalue weighted by molar-refractivity contribution is 5.35. The van der Waals surface area contributed by atoms with Crippen LogP contribution in [0.4, 0.5) is 0 Å². The topological polar surface area (TPSA) is 12.0 Å². The molecule has 18 heavy (non-hydrogen) atoms. The van der Waals surface area contributed by atoms with Crippen LogP contribution in [0.1, 0.15) is 71.0 Å². The van der Waals surface area contributed by atoms with Gasteiger partial charge in [0.05, 0.1) is 0 Å². The van der Waals surface area contributed by atoms with E-state index in [0.29, 0.717) is 6.04 Å². The molecule has 1 nitrogen and oxygen atoms in total. The van der Waals surface area contributed by atoms with E-state index in [1.54, 1.807) is 0 Å². The molecule has 102 valence electrons. The molecule has 0 spiro atoms. The van der Waals surface area contributed by atoms with E-state index in [1.165, 1.54) is 30.4 Å². The lowest BCUT2D eigenvalue weighted by Crippen LogP contribution is -2.25. The van der Waals surface area contributed by atoms with E-state index in [2.05, 4.69) is 64.2 Å². The molecule has 0 radical (unpaired) electrons. The van der Waals surface area contributed by atoms with Crippen LogP contribution in [0, 0.1) is 0 Å². The third-order valence-electron chi connectivity index (χ3n) is 3.36. The highest BCUT2D eigenvalue weighted by Crippen LogP contribution is 2.31. The van der Waals surface area contributed by atoms with E-state index in [4.69, 9.17) is 0 Å². The maximum absolute atomic E-state index is 3.70. The average molecular weight is 247 g/mol. The SMILES string of the molecule is CCCNC(CCC)c1ccccc1C(C)(C)C.